The van der Waals surface area contributed by atoms with E-state index in [1.807, 2.05) is 32.2 Å². The third-order valence-corrected chi connectivity index (χ3v) is 5.47. The van der Waals surface area contributed by atoms with Gasteiger partial charge in [0.25, 0.3) is 5.91 Å². The summed E-state index contributed by atoms with van der Waals surface area (Å²) in [5.41, 5.74) is 3.14. The maximum atomic E-state index is 12.8. The topological polar surface area (TPSA) is 72.0 Å². The molecule has 7 nitrogen and oxygen atoms in total. The van der Waals surface area contributed by atoms with E-state index in [1.54, 1.807) is 34.9 Å². The molecule has 0 aliphatic carbocycles. The van der Waals surface area contributed by atoms with Crippen LogP contribution in [0.1, 0.15) is 16.2 Å². The Bertz CT molecular complexity index is 1280. The Labute approximate surface area is 177 Å². The zero-order valence-corrected chi connectivity index (χ0v) is 17.2. The molecular formula is C22H19ClN4O3. The summed E-state index contributed by atoms with van der Waals surface area (Å²) in [4.78, 5) is 19.4. The van der Waals surface area contributed by atoms with Crippen molar-refractivity contribution in [3.05, 3.63) is 65.1 Å². The van der Waals surface area contributed by atoms with E-state index in [1.165, 1.54) is 0 Å². The van der Waals surface area contributed by atoms with Crippen LogP contribution in [0.15, 0.2) is 53.1 Å². The fourth-order valence-corrected chi connectivity index (χ4v) is 3.80. The number of rotatable bonds is 3. The first-order valence-corrected chi connectivity index (χ1v) is 9.92. The van der Waals surface area contributed by atoms with E-state index >= 15 is 0 Å². The van der Waals surface area contributed by atoms with Gasteiger partial charge in [0.2, 0.25) is 0 Å². The highest BCUT2D eigenvalue weighted by atomic mass is 35.5. The van der Waals surface area contributed by atoms with Crippen molar-refractivity contribution in [2.75, 3.05) is 30.4 Å². The Morgan fingerprint density at radius 1 is 1.23 bits per heavy atom. The average molecular weight is 423 g/mol. The summed E-state index contributed by atoms with van der Waals surface area (Å²) >= 11 is 6.20. The normalized spacial score (nSPS) is 13.2. The molecule has 30 heavy (non-hydrogen) atoms. The quantitative estimate of drug-likeness (QED) is 0.521. The first-order chi connectivity index (χ1) is 14.5. The van der Waals surface area contributed by atoms with E-state index in [4.69, 9.17) is 20.8 Å². The summed E-state index contributed by atoms with van der Waals surface area (Å²) in [7, 11) is 2.03. The van der Waals surface area contributed by atoms with E-state index in [2.05, 4.69) is 15.2 Å². The van der Waals surface area contributed by atoms with Gasteiger partial charge < -0.3 is 19.4 Å². The standard InChI is InChI=1S/C22H19ClN4O3/c1-13-20(27-9-3-4-15(23)21(27)24-13)25-22(28)18-8-7-17(30-18)14-5-6-16-19(12-14)29-11-10-26(16)2/h3-9,12H,10-11H2,1-2H3,(H,25,28). The van der Waals surface area contributed by atoms with Crippen molar-refractivity contribution in [3.8, 4) is 17.1 Å². The molecule has 0 saturated heterocycles. The summed E-state index contributed by atoms with van der Waals surface area (Å²) < 4.78 is 13.3. The molecule has 4 aromatic rings. The maximum absolute atomic E-state index is 12.8. The molecule has 4 heterocycles. The van der Waals surface area contributed by atoms with E-state index in [-0.39, 0.29) is 11.7 Å². The van der Waals surface area contributed by atoms with Crippen LogP contribution in [0.4, 0.5) is 11.5 Å². The Morgan fingerprint density at radius 3 is 2.97 bits per heavy atom. The third-order valence-electron chi connectivity index (χ3n) is 5.18. The molecule has 0 atom stereocenters. The van der Waals surface area contributed by atoms with Gasteiger partial charge in [-0.05, 0) is 49.4 Å². The lowest BCUT2D eigenvalue weighted by molar-refractivity contribution is 0.0997. The Hall–Kier alpha value is -3.45. The van der Waals surface area contributed by atoms with Crippen LogP contribution in [0, 0.1) is 6.92 Å². The van der Waals surface area contributed by atoms with Crippen molar-refractivity contribution in [2.45, 2.75) is 6.92 Å². The molecule has 3 aromatic heterocycles. The number of fused-ring (bicyclic) bond motifs is 2. The smallest absolute Gasteiger partial charge is 0.292 e. The number of imidazole rings is 1. The number of furan rings is 1. The predicted molar refractivity (Wildman–Crippen MR) is 116 cm³/mol. The van der Waals surface area contributed by atoms with Crippen molar-refractivity contribution < 1.29 is 13.9 Å². The molecule has 1 aliphatic rings. The van der Waals surface area contributed by atoms with Gasteiger partial charge in [0, 0.05) is 18.8 Å². The Kier molecular flexibility index (Phi) is 4.40. The number of amides is 1. The molecule has 0 saturated carbocycles. The summed E-state index contributed by atoms with van der Waals surface area (Å²) in [6.07, 6.45) is 1.80. The molecule has 0 unspecified atom stereocenters. The zero-order valence-electron chi connectivity index (χ0n) is 16.5. The molecule has 0 radical (unpaired) electrons. The van der Waals surface area contributed by atoms with Gasteiger partial charge in [0.15, 0.2) is 11.4 Å². The monoisotopic (exact) mass is 422 g/mol. The summed E-state index contributed by atoms with van der Waals surface area (Å²) in [5.74, 6) is 1.80. The molecule has 0 fully saturated rings. The van der Waals surface area contributed by atoms with Gasteiger partial charge in [-0.25, -0.2) is 4.98 Å². The van der Waals surface area contributed by atoms with Crippen LogP contribution in [0.25, 0.3) is 17.0 Å². The van der Waals surface area contributed by atoms with E-state index in [0.29, 0.717) is 34.5 Å². The van der Waals surface area contributed by atoms with Gasteiger partial charge in [-0.1, -0.05) is 11.6 Å². The minimum atomic E-state index is -0.361. The Morgan fingerprint density at radius 2 is 2.10 bits per heavy atom. The van der Waals surface area contributed by atoms with Crippen LogP contribution in [0.3, 0.4) is 0 Å². The summed E-state index contributed by atoms with van der Waals surface area (Å²) in [5, 5.41) is 3.39. The first kappa shape index (κ1) is 18.6. The van der Waals surface area contributed by atoms with Crippen LogP contribution in [0.2, 0.25) is 5.02 Å². The number of nitrogens with one attached hydrogen (secondary N) is 1. The highest BCUT2D eigenvalue weighted by Gasteiger charge is 2.19. The zero-order chi connectivity index (χ0) is 20.8. The van der Waals surface area contributed by atoms with Crippen molar-refractivity contribution >= 4 is 34.7 Å². The number of benzene rings is 1. The number of aromatic nitrogens is 2. The lowest BCUT2D eigenvalue weighted by Crippen LogP contribution is -2.28. The number of likely N-dealkylation sites (N-methyl/N-ethyl adjacent to an activating group) is 1. The van der Waals surface area contributed by atoms with Gasteiger partial charge in [-0.2, -0.15) is 0 Å². The summed E-state index contributed by atoms with van der Waals surface area (Å²) in [6.45, 7) is 3.31. The van der Waals surface area contributed by atoms with Crippen LogP contribution in [-0.2, 0) is 0 Å². The number of hydrogen-bond acceptors (Lipinski definition) is 5. The molecule has 5 rings (SSSR count). The van der Waals surface area contributed by atoms with Crippen LogP contribution >= 0.6 is 11.6 Å². The van der Waals surface area contributed by atoms with Crippen LogP contribution < -0.4 is 15.0 Å². The highest BCUT2D eigenvalue weighted by molar-refractivity contribution is 6.33. The molecule has 0 bridgehead atoms. The van der Waals surface area contributed by atoms with Gasteiger partial charge >= 0.3 is 0 Å². The van der Waals surface area contributed by atoms with E-state index in [0.717, 1.165) is 23.5 Å². The van der Waals surface area contributed by atoms with E-state index in [9.17, 15) is 4.79 Å². The Balaban J connectivity index is 1.42. The SMILES string of the molecule is Cc1nc2c(Cl)cccn2c1NC(=O)c1ccc(-c2ccc3c(c2)OCCN3C)o1. The van der Waals surface area contributed by atoms with Crippen LogP contribution in [0.5, 0.6) is 5.75 Å². The number of pyridine rings is 1. The lowest BCUT2D eigenvalue weighted by Gasteiger charge is -2.27. The number of aryl methyl sites for hydroxylation is 1. The third kappa shape index (κ3) is 3.07. The number of hydrogen-bond donors (Lipinski definition) is 1. The number of nitrogens with zero attached hydrogens (tertiary/aromatic N) is 3. The minimum absolute atomic E-state index is 0.206. The van der Waals surface area contributed by atoms with Gasteiger partial charge in [-0.3, -0.25) is 9.20 Å². The molecular weight excluding hydrogens is 404 g/mol. The predicted octanol–water partition coefficient (Wildman–Crippen LogP) is 4.64. The fourth-order valence-electron chi connectivity index (χ4n) is 3.59. The largest absolute Gasteiger partial charge is 0.490 e. The minimum Gasteiger partial charge on any atom is -0.490 e. The molecule has 1 N–H and O–H groups in total. The van der Waals surface area contributed by atoms with Crippen molar-refractivity contribution in [3.63, 3.8) is 0 Å². The molecule has 152 valence electrons. The fraction of sp³-hybridized carbons (Fsp3) is 0.182. The first-order valence-electron chi connectivity index (χ1n) is 9.54. The van der Waals surface area contributed by atoms with Crippen molar-refractivity contribution in [2.24, 2.45) is 0 Å². The highest BCUT2D eigenvalue weighted by Crippen LogP contribution is 2.35. The molecule has 8 heteroatoms. The number of ether oxygens (including phenoxy) is 1. The van der Waals surface area contributed by atoms with Crippen molar-refractivity contribution in [1.29, 1.82) is 0 Å². The molecule has 1 aromatic carbocycles. The second kappa shape index (κ2) is 7.11. The number of halogens is 1. The lowest BCUT2D eigenvalue weighted by atomic mass is 10.1. The average Bonchev–Trinajstić information content (AvgIpc) is 3.35. The van der Waals surface area contributed by atoms with E-state index < -0.39 is 0 Å². The number of carbonyl (C=O) groups excluding carboxylic acids is 1. The maximum Gasteiger partial charge on any atom is 0.292 e. The van der Waals surface area contributed by atoms with Gasteiger partial charge in [0.05, 0.1) is 22.9 Å². The second-order valence-corrected chi connectivity index (χ2v) is 7.57. The number of anilines is 2. The van der Waals surface area contributed by atoms with Gasteiger partial charge in [-0.15, -0.1) is 0 Å². The van der Waals surface area contributed by atoms with Crippen LogP contribution in [-0.4, -0.2) is 35.5 Å². The summed E-state index contributed by atoms with van der Waals surface area (Å²) in [6, 6.07) is 12.9. The molecule has 1 amide bonds. The van der Waals surface area contributed by atoms with Gasteiger partial charge in [0.1, 0.15) is 23.9 Å². The molecule has 0 spiro atoms. The van der Waals surface area contributed by atoms with Crippen molar-refractivity contribution in [1.82, 2.24) is 9.38 Å². The second-order valence-electron chi connectivity index (χ2n) is 7.17. The molecule has 1 aliphatic heterocycles. The number of carbonyl (C=O) groups is 1.